The van der Waals surface area contributed by atoms with Crippen LogP contribution in [0.4, 0.5) is 13.2 Å². The highest BCUT2D eigenvalue weighted by Gasteiger charge is 2.37. The van der Waals surface area contributed by atoms with Gasteiger partial charge in [0.1, 0.15) is 17.4 Å². The van der Waals surface area contributed by atoms with E-state index >= 15 is 0 Å². The molecule has 7 nitrogen and oxygen atoms in total. The molecule has 0 bridgehead atoms. The van der Waals surface area contributed by atoms with Crippen LogP contribution in [-0.4, -0.2) is 44.5 Å². The van der Waals surface area contributed by atoms with E-state index in [1.807, 2.05) is 23.6 Å². The van der Waals surface area contributed by atoms with Crippen LogP contribution < -0.4 is 5.32 Å². The molecule has 0 amide bonds. The normalized spacial score (nSPS) is 13.1. The van der Waals surface area contributed by atoms with Crippen molar-refractivity contribution in [1.82, 2.24) is 19.7 Å². The van der Waals surface area contributed by atoms with Crippen LogP contribution >= 0.6 is 0 Å². The monoisotopic (exact) mass is 428 g/mol. The number of aromatic nitrogens is 3. The van der Waals surface area contributed by atoms with Crippen LogP contribution in [0.2, 0.25) is 0 Å². The Morgan fingerprint density at radius 3 is 2.81 bits per heavy atom. The van der Waals surface area contributed by atoms with Crippen molar-refractivity contribution in [2.45, 2.75) is 25.6 Å². The second kappa shape index (κ2) is 8.97. The number of hydrogen-bond acceptors (Lipinski definition) is 6. The Morgan fingerprint density at radius 2 is 2.13 bits per heavy atom. The summed E-state index contributed by atoms with van der Waals surface area (Å²) in [7, 11) is 0. The molecule has 1 atom stereocenters. The van der Waals surface area contributed by atoms with Crippen molar-refractivity contribution in [1.29, 1.82) is 10.7 Å². The van der Waals surface area contributed by atoms with E-state index in [0.29, 0.717) is 28.0 Å². The number of nitriles is 1. The van der Waals surface area contributed by atoms with Gasteiger partial charge in [-0.15, -0.1) is 0 Å². The molecular formula is C21H19F3N6O. The van der Waals surface area contributed by atoms with Crippen LogP contribution in [0.5, 0.6) is 0 Å². The third-order valence-corrected chi connectivity index (χ3v) is 4.53. The van der Waals surface area contributed by atoms with Crippen LogP contribution in [0, 0.1) is 23.7 Å². The topological polar surface area (TPSA) is 110 Å². The molecule has 31 heavy (non-hydrogen) atoms. The SMILES string of the molecule is Cc1cn2ccc(-c3nc(C#N)ccc3/C(C=N)=C/NCCC(O)C(F)(F)F)cc2n1. The number of alkyl halides is 3. The summed E-state index contributed by atoms with van der Waals surface area (Å²) in [6, 6.07) is 8.72. The Labute approximate surface area is 176 Å². The molecule has 0 aliphatic carbocycles. The van der Waals surface area contributed by atoms with Crippen LogP contribution in [0.3, 0.4) is 0 Å². The zero-order chi connectivity index (χ0) is 22.6. The lowest BCUT2D eigenvalue weighted by Crippen LogP contribution is -2.31. The van der Waals surface area contributed by atoms with Gasteiger partial charge in [0.15, 0.2) is 6.10 Å². The standard InChI is InChI=1S/C21H19F3N6O/c1-13-12-30-7-5-14(8-19(30)28-13)20-17(3-2-16(10-26)29-20)15(9-25)11-27-6-4-18(31)21(22,23)24/h2-3,5,7-9,11-12,18,25,27,31H,4,6H2,1H3/b15-11+,25-9?. The highest BCUT2D eigenvalue weighted by molar-refractivity contribution is 6.10. The fraction of sp³-hybridized carbons (Fsp3) is 0.238. The van der Waals surface area contributed by atoms with Gasteiger partial charge >= 0.3 is 6.18 Å². The molecule has 160 valence electrons. The number of aliphatic hydroxyl groups excluding tert-OH is 1. The molecule has 3 heterocycles. The van der Waals surface area contributed by atoms with E-state index in [0.717, 1.165) is 11.9 Å². The Balaban J connectivity index is 1.93. The maximum Gasteiger partial charge on any atom is 0.414 e. The van der Waals surface area contributed by atoms with Gasteiger partial charge in [0.2, 0.25) is 0 Å². The van der Waals surface area contributed by atoms with Crippen molar-refractivity contribution in [2.24, 2.45) is 0 Å². The summed E-state index contributed by atoms with van der Waals surface area (Å²) in [4.78, 5) is 8.79. The smallest absolute Gasteiger partial charge is 0.390 e. The van der Waals surface area contributed by atoms with Gasteiger partial charge in [-0.1, -0.05) is 0 Å². The summed E-state index contributed by atoms with van der Waals surface area (Å²) < 4.78 is 39.1. The van der Waals surface area contributed by atoms with Crippen molar-refractivity contribution in [3.05, 3.63) is 59.8 Å². The molecule has 0 aromatic carbocycles. The highest BCUT2D eigenvalue weighted by atomic mass is 19.4. The fourth-order valence-corrected chi connectivity index (χ4v) is 2.99. The Morgan fingerprint density at radius 1 is 1.35 bits per heavy atom. The predicted molar refractivity (Wildman–Crippen MR) is 109 cm³/mol. The summed E-state index contributed by atoms with van der Waals surface area (Å²) >= 11 is 0. The van der Waals surface area contributed by atoms with Crippen molar-refractivity contribution in [3.63, 3.8) is 0 Å². The van der Waals surface area contributed by atoms with Crippen LogP contribution in [0.25, 0.3) is 22.5 Å². The predicted octanol–water partition coefficient (Wildman–Crippen LogP) is 3.47. The molecule has 0 fully saturated rings. The number of halogens is 3. The minimum Gasteiger partial charge on any atom is -0.390 e. The minimum atomic E-state index is -4.68. The molecular weight excluding hydrogens is 409 g/mol. The van der Waals surface area contributed by atoms with Crippen LogP contribution in [0.15, 0.2) is 42.9 Å². The molecule has 3 aromatic rings. The van der Waals surface area contributed by atoms with Crippen LogP contribution in [0.1, 0.15) is 23.4 Å². The molecule has 0 saturated carbocycles. The summed E-state index contributed by atoms with van der Waals surface area (Å²) in [6.45, 7) is 1.72. The maximum atomic E-state index is 12.4. The van der Waals surface area contributed by atoms with Crippen molar-refractivity contribution in [2.75, 3.05) is 6.54 Å². The molecule has 3 N–H and O–H groups in total. The highest BCUT2D eigenvalue weighted by Crippen LogP contribution is 2.28. The largest absolute Gasteiger partial charge is 0.414 e. The lowest BCUT2D eigenvalue weighted by Gasteiger charge is -2.14. The van der Waals surface area contributed by atoms with E-state index in [-0.39, 0.29) is 12.2 Å². The van der Waals surface area contributed by atoms with Gasteiger partial charge in [-0.25, -0.2) is 9.97 Å². The summed E-state index contributed by atoms with van der Waals surface area (Å²) in [5.74, 6) is 0. The van der Waals surface area contributed by atoms with Crippen molar-refractivity contribution < 1.29 is 18.3 Å². The molecule has 3 aromatic heterocycles. The van der Waals surface area contributed by atoms with E-state index in [2.05, 4.69) is 15.3 Å². The number of fused-ring (bicyclic) bond motifs is 1. The van der Waals surface area contributed by atoms with Gasteiger partial charge in [0.25, 0.3) is 0 Å². The number of nitrogens with one attached hydrogen (secondary N) is 2. The van der Waals surface area contributed by atoms with E-state index in [4.69, 9.17) is 10.5 Å². The number of imidazole rings is 1. The molecule has 1 unspecified atom stereocenters. The number of pyridine rings is 2. The second-order valence-electron chi connectivity index (χ2n) is 6.81. The second-order valence-corrected chi connectivity index (χ2v) is 6.81. The summed E-state index contributed by atoms with van der Waals surface area (Å²) in [5.41, 5.74) is 3.69. The third-order valence-electron chi connectivity index (χ3n) is 4.53. The minimum absolute atomic E-state index is 0.142. The molecule has 0 spiro atoms. The average Bonchev–Trinajstić information content (AvgIpc) is 3.11. The molecule has 0 aliphatic rings. The molecule has 0 saturated heterocycles. The average molecular weight is 428 g/mol. The molecule has 0 radical (unpaired) electrons. The van der Waals surface area contributed by atoms with Gasteiger partial charge < -0.3 is 20.2 Å². The number of nitrogens with zero attached hydrogens (tertiary/aromatic N) is 4. The summed E-state index contributed by atoms with van der Waals surface area (Å²) in [5, 5.41) is 28.8. The van der Waals surface area contributed by atoms with E-state index in [1.165, 1.54) is 12.3 Å². The first kappa shape index (κ1) is 22.0. The summed E-state index contributed by atoms with van der Waals surface area (Å²) in [6.07, 6.45) is -1.53. The Kier molecular flexibility index (Phi) is 6.36. The first-order valence-electron chi connectivity index (χ1n) is 9.29. The number of hydrogen-bond donors (Lipinski definition) is 3. The fourth-order valence-electron chi connectivity index (χ4n) is 2.99. The lowest BCUT2D eigenvalue weighted by molar-refractivity contribution is -0.204. The van der Waals surface area contributed by atoms with Crippen LogP contribution in [-0.2, 0) is 0 Å². The zero-order valence-electron chi connectivity index (χ0n) is 16.5. The van der Waals surface area contributed by atoms with Gasteiger partial charge in [-0.2, -0.15) is 18.4 Å². The molecule has 3 rings (SSSR count). The van der Waals surface area contributed by atoms with Crippen molar-refractivity contribution >= 4 is 17.4 Å². The van der Waals surface area contributed by atoms with Crippen molar-refractivity contribution in [3.8, 4) is 17.3 Å². The van der Waals surface area contributed by atoms with Gasteiger partial charge in [-0.05, 0) is 37.6 Å². The third kappa shape index (κ3) is 5.07. The van der Waals surface area contributed by atoms with E-state index in [1.54, 1.807) is 24.4 Å². The van der Waals surface area contributed by atoms with Gasteiger partial charge in [0, 0.05) is 48.1 Å². The molecule has 0 aliphatic heterocycles. The first-order chi connectivity index (χ1) is 14.7. The molecule has 10 heteroatoms. The Hall–Kier alpha value is -3.71. The number of aliphatic hydroxyl groups is 1. The van der Waals surface area contributed by atoms with E-state index in [9.17, 15) is 18.4 Å². The Bertz CT molecular complexity index is 1180. The number of allylic oxidation sites excluding steroid dienone is 1. The maximum absolute atomic E-state index is 12.4. The quantitative estimate of drug-likeness (QED) is 0.394. The van der Waals surface area contributed by atoms with Gasteiger partial charge in [-0.3, -0.25) is 0 Å². The number of rotatable bonds is 7. The zero-order valence-corrected chi connectivity index (χ0v) is 16.5. The number of aryl methyl sites for hydroxylation is 1. The first-order valence-corrected chi connectivity index (χ1v) is 9.29. The van der Waals surface area contributed by atoms with Gasteiger partial charge in [0.05, 0.1) is 11.4 Å². The lowest BCUT2D eigenvalue weighted by atomic mass is 10.0. The van der Waals surface area contributed by atoms with E-state index < -0.39 is 18.7 Å².